The van der Waals surface area contributed by atoms with Gasteiger partial charge in [-0.3, -0.25) is 15.1 Å². The van der Waals surface area contributed by atoms with E-state index in [4.69, 9.17) is 0 Å². The van der Waals surface area contributed by atoms with Crippen LogP contribution in [0.3, 0.4) is 0 Å². The van der Waals surface area contributed by atoms with E-state index in [0.29, 0.717) is 46.3 Å². The number of halogens is 1. The summed E-state index contributed by atoms with van der Waals surface area (Å²) in [5.41, 5.74) is 11.4. The fourth-order valence-electron chi connectivity index (χ4n) is 4.68. The first-order valence-corrected chi connectivity index (χ1v) is 13.3. The lowest BCUT2D eigenvalue weighted by Gasteiger charge is -2.24. The summed E-state index contributed by atoms with van der Waals surface area (Å²) < 4.78 is 23.7. The number of benzene rings is 2. The zero-order chi connectivity index (χ0) is 28.8. The van der Waals surface area contributed by atoms with E-state index in [-0.39, 0.29) is 11.2 Å². The third-order valence-electron chi connectivity index (χ3n) is 6.90. The normalized spacial score (nSPS) is 17.0. The van der Waals surface area contributed by atoms with Crippen molar-refractivity contribution >= 4 is 22.3 Å². The Morgan fingerprint density at radius 1 is 1.23 bits per heavy atom. The summed E-state index contributed by atoms with van der Waals surface area (Å²) in [5, 5.41) is 26.6. The summed E-state index contributed by atoms with van der Waals surface area (Å²) in [6.45, 7) is 7.00. The topological polar surface area (TPSA) is 117 Å². The van der Waals surface area contributed by atoms with E-state index in [1.54, 1.807) is 30.7 Å². The van der Waals surface area contributed by atoms with E-state index in [1.807, 2.05) is 23.3 Å². The summed E-state index contributed by atoms with van der Waals surface area (Å²) in [5.74, 6) is -0.375. The molecule has 0 bridgehead atoms. The number of hydrogen-bond acceptors (Lipinski definition) is 8. The summed E-state index contributed by atoms with van der Waals surface area (Å²) >= 11 is 0. The molecule has 1 atom stereocenters. The van der Waals surface area contributed by atoms with Crippen LogP contribution in [0.25, 0.3) is 22.0 Å². The van der Waals surface area contributed by atoms with Crippen LogP contribution in [0.1, 0.15) is 52.1 Å². The Morgan fingerprint density at radius 2 is 2.02 bits per heavy atom. The number of hydrogen-bond donors (Lipinski definition) is 5. The summed E-state index contributed by atoms with van der Waals surface area (Å²) in [6, 6.07) is 10.9. The molecular weight excluding hydrogens is 505 g/mol. The van der Waals surface area contributed by atoms with Gasteiger partial charge in [0.1, 0.15) is 11.9 Å². The second kappa shape index (κ2) is 10.2. The molecule has 5 N–H and O–H groups in total. The number of aromatic amines is 1. The number of aromatic nitrogens is 3. The predicted octanol–water partition coefficient (Wildman–Crippen LogP) is 5.58. The molecule has 0 saturated heterocycles. The highest BCUT2D eigenvalue weighted by atomic mass is 19.1. The molecule has 4 aromatic rings. The monoisotopic (exact) mass is 538 g/mol. The number of nitrogens with one attached hydrogen (secondary N) is 5. The molecule has 2 aliphatic rings. The second-order valence-corrected chi connectivity index (χ2v) is 11.4. The zero-order valence-electron chi connectivity index (χ0n) is 23.6. The molecular formula is C30H32FN9. The van der Waals surface area contributed by atoms with Crippen molar-refractivity contribution in [1.29, 1.82) is 5.26 Å². The van der Waals surface area contributed by atoms with Crippen LogP contribution < -0.4 is 21.6 Å². The molecule has 1 fully saturated rings. The molecule has 1 unspecified atom stereocenters. The van der Waals surface area contributed by atoms with Gasteiger partial charge in [0.15, 0.2) is 0 Å². The Labute approximate surface area is 233 Å². The van der Waals surface area contributed by atoms with Crippen molar-refractivity contribution in [1.82, 2.24) is 31.2 Å². The average molecular weight is 539 g/mol. The van der Waals surface area contributed by atoms with Crippen molar-refractivity contribution < 1.29 is 5.76 Å². The van der Waals surface area contributed by atoms with Gasteiger partial charge in [-0.05, 0) is 48.1 Å². The van der Waals surface area contributed by atoms with Gasteiger partial charge in [0, 0.05) is 53.4 Å². The highest BCUT2D eigenvalue weighted by Gasteiger charge is 2.32. The van der Waals surface area contributed by atoms with Crippen molar-refractivity contribution in [2.24, 2.45) is 5.41 Å². The van der Waals surface area contributed by atoms with Crippen LogP contribution in [-0.4, -0.2) is 32.8 Å². The zero-order valence-corrected chi connectivity index (χ0v) is 22.6. The lowest BCUT2D eigenvalue weighted by atomic mass is 9.95. The Morgan fingerprint density at radius 3 is 2.70 bits per heavy atom. The minimum absolute atomic E-state index is 0.0362. The molecule has 2 aromatic heterocycles. The lowest BCUT2D eigenvalue weighted by molar-refractivity contribution is 0.260. The van der Waals surface area contributed by atoms with Crippen molar-refractivity contribution in [3.05, 3.63) is 83.8 Å². The predicted molar refractivity (Wildman–Crippen MR) is 154 cm³/mol. The van der Waals surface area contributed by atoms with Gasteiger partial charge in [0.2, 0.25) is 0 Å². The van der Waals surface area contributed by atoms with E-state index in [0.717, 1.165) is 29.4 Å². The van der Waals surface area contributed by atoms with Crippen LogP contribution in [0.2, 0.25) is 0 Å². The maximum Gasteiger partial charge on any atom is 0.123 e. The number of rotatable bonds is 8. The Hall–Kier alpha value is -4.62. The van der Waals surface area contributed by atoms with Crippen molar-refractivity contribution in [3.8, 4) is 17.2 Å². The molecule has 2 aromatic carbocycles. The minimum Gasteiger partial charge on any atom is -0.383 e. The maximum atomic E-state index is 13.9. The summed E-state index contributed by atoms with van der Waals surface area (Å²) in [7, 11) is 0. The molecule has 0 amide bonds. The van der Waals surface area contributed by atoms with Gasteiger partial charge in [-0.15, -0.1) is 5.53 Å². The molecule has 40 heavy (non-hydrogen) atoms. The Kier molecular flexibility index (Phi) is 6.21. The second-order valence-electron chi connectivity index (χ2n) is 11.4. The van der Waals surface area contributed by atoms with E-state index in [2.05, 4.69) is 63.6 Å². The molecule has 3 heterocycles. The number of nitriles is 1. The van der Waals surface area contributed by atoms with Gasteiger partial charge in [-0.1, -0.05) is 32.9 Å². The first kappa shape index (κ1) is 24.4. The van der Waals surface area contributed by atoms with Gasteiger partial charge < -0.3 is 16.1 Å². The van der Waals surface area contributed by atoms with E-state index in [1.165, 1.54) is 12.1 Å². The van der Waals surface area contributed by atoms with Crippen LogP contribution in [0.4, 0.5) is 15.8 Å². The maximum absolute atomic E-state index is 13.9. The molecule has 0 spiro atoms. The first-order chi connectivity index (χ1) is 19.6. The molecule has 10 heteroatoms. The van der Waals surface area contributed by atoms with Crippen LogP contribution >= 0.6 is 0 Å². The molecule has 9 nitrogen and oxygen atoms in total. The van der Waals surface area contributed by atoms with Crippen LogP contribution in [0.15, 0.2) is 66.9 Å². The highest BCUT2D eigenvalue weighted by molar-refractivity contribution is 6.04. The largest absolute Gasteiger partial charge is 0.383 e. The van der Waals surface area contributed by atoms with Gasteiger partial charge in [0.05, 0.1) is 36.1 Å². The number of fused-ring (bicyclic) bond motifs is 1. The lowest BCUT2D eigenvalue weighted by Crippen LogP contribution is -2.38. The van der Waals surface area contributed by atoms with E-state index in [9.17, 15) is 11.0 Å². The van der Waals surface area contributed by atoms with Crippen LogP contribution in [0, 0.1) is 22.6 Å². The van der Waals surface area contributed by atoms with Gasteiger partial charge >= 0.3 is 0 Å². The number of anilines is 2. The van der Waals surface area contributed by atoms with Crippen LogP contribution in [0.5, 0.6) is 0 Å². The van der Waals surface area contributed by atoms with Crippen molar-refractivity contribution in [2.45, 2.75) is 45.7 Å². The average Bonchev–Trinajstić information content (AvgIpc) is 3.42. The van der Waals surface area contributed by atoms with Gasteiger partial charge in [-0.2, -0.15) is 10.4 Å². The molecule has 6 rings (SSSR count). The highest BCUT2D eigenvalue weighted by Crippen LogP contribution is 2.38. The quantitative estimate of drug-likeness (QED) is 0.198. The third kappa shape index (κ3) is 5.28. The molecule has 204 valence electrons. The fraction of sp³-hybridized carbons (Fsp3) is 0.300. The number of nitrogens with zero attached hydrogens (tertiary/aromatic N) is 4. The number of hydrazine groups is 2. The third-order valence-corrected chi connectivity index (χ3v) is 6.90. The fourth-order valence-corrected chi connectivity index (χ4v) is 4.68. The Bertz CT molecular complexity index is 1650. The van der Waals surface area contributed by atoms with Crippen molar-refractivity contribution in [2.75, 3.05) is 17.2 Å². The van der Waals surface area contributed by atoms with Gasteiger partial charge in [-0.25, -0.2) is 4.39 Å². The van der Waals surface area contributed by atoms with Crippen molar-refractivity contribution in [3.63, 3.8) is 0 Å². The Balaban J connectivity index is 1.52. The van der Waals surface area contributed by atoms with E-state index >= 15 is 0 Å². The van der Waals surface area contributed by atoms with Crippen LogP contribution in [-0.2, 0) is 0 Å². The van der Waals surface area contributed by atoms with E-state index < -0.39 is 6.02 Å². The summed E-state index contributed by atoms with van der Waals surface area (Å²) in [6.07, 6.45) is 9.13. The summed E-state index contributed by atoms with van der Waals surface area (Å²) in [4.78, 5) is 4.67. The SMILES string of the molecule is [2H]C(Nc1cc(-c2cn[nH]c2)c2ncc(C#N)c(NCC(C)(C)C)c2c1)(C1=CN(C2CC2)NN1)c1ccc(F)cc1. The number of H-pyrrole nitrogens is 1. The smallest absolute Gasteiger partial charge is 0.123 e. The molecule has 1 aliphatic carbocycles. The minimum atomic E-state index is -1.51. The standard InChI is InChI=1S/C30H32FN9/c1-30(2,3)17-34-27-19(12-32)13-33-29-24(20-14-35-36-15-20)10-22(11-25(27)29)37-28(18-4-6-21(31)7-5-18)26-16-40(39-38-26)23-8-9-23/h4-7,10-11,13-16,23,28,37-39H,8-9,17H2,1-3H3,(H,33,34)(H,35,36)/i28D. The molecule has 0 radical (unpaired) electrons. The number of pyridine rings is 1. The molecule has 1 saturated carbocycles. The van der Waals surface area contributed by atoms with Gasteiger partial charge in [0.25, 0.3) is 0 Å². The molecule has 1 aliphatic heterocycles. The first-order valence-electron chi connectivity index (χ1n) is 13.8.